The molecule has 6 aromatic rings. The highest BCUT2D eigenvalue weighted by atomic mass is 32.1. The first-order valence-electron chi connectivity index (χ1n) is 11.9. The molecule has 3 aromatic heterocycles. The van der Waals surface area contributed by atoms with Crippen molar-refractivity contribution in [1.82, 2.24) is 4.98 Å². The average molecular weight is 498 g/mol. The Kier molecular flexibility index (Phi) is 5.61. The number of thiophene rings is 1. The van der Waals surface area contributed by atoms with Gasteiger partial charge in [-0.1, -0.05) is 12.1 Å². The summed E-state index contributed by atoms with van der Waals surface area (Å²) in [6.45, 7) is 7.03. The van der Waals surface area contributed by atoms with E-state index in [4.69, 9.17) is 18.6 Å². The molecule has 36 heavy (non-hydrogen) atoms. The first-order valence-corrected chi connectivity index (χ1v) is 12.7. The largest absolute Gasteiger partial charge is 0.496 e. The number of ether oxygens (including phenoxy) is 3. The van der Waals surface area contributed by atoms with Crippen molar-refractivity contribution in [3.63, 3.8) is 0 Å². The van der Waals surface area contributed by atoms with Gasteiger partial charge in [0.15, 0.2) is 0 Å². The summed E-state index contributed by atoms with van der Waals surface area (Å²) < 4.78 is 25.3. The van der Waals surface area contributed by atoms with Crippen LogP contribution in [0.25, 0.3) is 32.0 Å². The molecular formula is C30H27NO4S. The second kappa shape index (κ2) is 8.95. The molecule has 0 aliphatic heterocycles. The minimum atomic E-state index is 0.405. The molecular weight excluding hydrogens is 470 g/mol. The van der Waals surface area contributed by atoms with Gasteiger partial charge in [-0.25, -0.2) is 0 Å². The van der Waals surface area contributed by atoms with Crippen molar-refractivity contribution >= 4 is 43.3 Å². The number of furan rings is 1. The maximum Gasteiger partial charge on any atom is 0.144 e. The van der Waals surface area contributed by atoms with Gasteiger partial charge in [0.25, 0.3) is 0 Å². The molecule has 0 spiro atoms. The van der Waals surface area contributed by atoms with Crippen molar-refractivity contribution in [2.45, 2.75) is 34.0 Å². The molecule has 6 heteroatoms. The van der Waals surface area contributed by atoms with Crippen molar-refractivity contribution < 1.29 is 18.6 Å². The number of nitrogens with one attached hydrogen (secondary N) is 1. The van der Waals surface area contributed by atoms with E-state index in [-0.39, 0.29) is 0 Å². The Hall–Kier alpha value is -3.90. The SMILES string of the molecule is COc1ccc(COc2ccc(COc3cccc4[nH]c(C)cc34)c3sc(C)cc23)c2oc(C)cc12. The standard InChI is InChI=1S/C30H27NO4S/c1-17-12-22-25(31-17)6-5-7-27(22)34-16-21-9-11-28(24-14-19(3)36-30(21)24)33-15-20-8-10-26(32-4)23-13-18(2)35-29(20)23/h5-14,31H,15-16H2,1-4H3. The summed E-state index contributed by atoms with van der Waals surface area (Å²) in [5.41, 5.74) is 5.15. The topological polar surface area (TPSA) is 56.6 Å². The number of benzene rings is 3. The molecule has 3 heterocycles. The number of rotatable bonds is 7. The van der Waals surface area contributed by atoms with Gasteiger partial charge in [-0.15, -0.1) is 11.3 Å². The van der Waals surface area contributed by atoms with E-state index in [1.54, 1.807) is 18.4 Å². The van der Waals surface area contributed by atoms with Crippen molar-refractivity contribution in [2.75, 3.05) is 7.11 Å². The third kappa shape index (κ3) is 3.97. The first kappa shape index (κ1) is 22.6. The van der Waals surface area contributed by atoms with Gasteiger partial charge in [-0.2, -0.15) is 0 Å². The Morgan fingerprint density at radius 1 is 0.778 bits per heavy atom. The third-order valence-corrected chi connectivity index (χ3v) is 7.57. The van der Waals surface area contributed by atoms with Crippen LogP contribution in [0.5, 0.6) is 17.2 Å². The molecule has 1 N–H and O–H groups in total. The molecule has 6 rings (SSSR count). The Morgan fingerprint density at radius 3 is 2.36 bits per heavy atom. The maximum atomic E-state index is 6.35. The Morgan fingerprint density at radius 2 is 1.53 bits per heavy atom. The van der Waals surface area contributed by atoms with Crippen LogP contribution in [-0.4, -0.2) is 12.1 Å². The van der Waals surface area contributed by atoms with E-state index in [2.05, 4.69) is 43.1 Å². The smallest absolute Gasteiger partial charge is 0.144 e. The highest BCUT2D eigenvalue weighted by Gasteiger charge is 2.15. The predicted molar refractivity (Wildman–Crippen MR) is 146 cm³/mol. The van der Waals surface area contributed by atoms with Gasteiger partial charge in [0.2, 0.25) is 0 Å². The van der Waals surface area contributed by atoms with Crippen LogP contribution < -0.4 is 14.2 Å². The Labute approximate surface area is 213 Å². The number of aryl methyl sites for hydroxylation is 3. The number of aromatic nitrogens is 1. The van der Waals surface area contributed by atoms with E-state index in [9.17, 15) is 0 Å². The number of hydrogen-bond donors (Lipinski definition) is 1. The van der Waals surface area contributed by atoms with Gasteiger partial charge in [0, 0.05) is 42.7 Å². The van der Waals surface area contributed by atoms with Gasteiger partial charge in [-0.3, -0.25) is 0 Å². The highest BCUT2D eigenvalue weighted by Crippen LogP contribution is 2.38. The molecule has 0 radical (unpaired) electrons. The van der Waals surface area contributed by atoms with Gasteiger partial charge < -0.3 is 23.6 Å². The van der Waals surface area contributed by atoms with Crippen molar-refractivity contribution in [3.8, 4) is 17.2 Å². The molecule has 0 saturated carbocycles. The van der Waals surface area contributed by atoms with Gasteiger partial charge in [-0.05, 0) is 69.3 Å². The number of fused-ring (bicyclic) bond motifs is 3. The lowest BCUT2D eigenvalue weighted by atomic mass is 10.1. The van der Waals surface area contributed by atoms with Crippen molar-refractivity contribution in [3.05, 3.63) is 88.1 Å². The number of methoxy groups -OCH3 is 1. The van der Waals surface area contributed by atoms with Crippen LogP contribution in [0.4, 0.5) is 0 Å². The van der Waals surface area contributed by atoms with Crippen LogP contribution in [0.15, 0.2) is 65.1 Å². The Bertz CT molecular complexity index is 1720. The second-order valence-electron chi connectivity index (χ2n) is 9.10. The van der Waals surface area contributed by atoms with Crippen LogP contribution in [0.3, 0.4) is 0 Å². The van der Waals surface area contributed by atoms with E-state index in [0.717, 1.165) is 67.1 Å². The van der Waals surface area contributed by atoms with E-state index in [1.807, 2.05) is 43.3 Å². The molecule has 5 nitrogen and oxygen atoms in total. The minimum Gasteiger partial charge on any atom is -0.496 e. The minimum absolute atomic E-state index is 0.405. The van der Waals surface area contributed by atoms with Gasteiger partial charge in [0.05, 0.1) is 12.5 Å². The fraction of sp³-hybridized carbons (Fsp3) is 0.200. The number of hydrogen-bond acceptors (Lipinski definition) is 5. The summed E-state index contributed by atoms with van der Waals surface area (Å²) in [6.07, 6.45) is 0. The molecule has 0 aliphatic rings. The third-order valence-electron chi connectivity index (χ3n) is 6.44. The average Bonchev–Trinajstić information content (AvgIpc) is 3.56. The highest BCUT2D eigenvalue weighted by molar-refractivity contribution is 7.19. The van der Waals surface area contributed by atoms with Crippen LogP contribution >= 0.6 is 11.3 Å². The number of aromatic amines is 1. The van der Waals surface area contributed by atoms with Gasteiger partial charge >= 0.3 is 0 Å². The molecule has 0 atom stereocenters. The summed E-state index contributed by atoms with van der Waals surface area (Å²) in [4.78, 5) is 4.61. The lowest BCUT2D eigenvalue weighted by Crippen LogP contribution is -1.99. The predicted octanol–water partition coefficient (Wildman–Crippen LogP) is 8.22. The zero-order valence-corrected chi connectivity index (χ0v) is 21.5. The normalized spacial score (nSPS) is 11.6. The molecule has 182 valence electrons. The second-order valence-corrected chi connectivity index (χ2v) is 10.4. The zero-order valence-electron chi connectivity index (χ0n) is 20.7. The molecule has 3 aromatic carbocycles. The summed E-state index contributed by atoms with van der Waals surface area (Å²) in [6, 6.07) is 20.6. The Balaban J connectivity index is 1.27. The first-order chi connectivity index (χ1) is 17.5. The van der Waals surface area contributed by atoms with Crippen molar-refractivity contribution in [2.24, 2.45) is 0 Å². The van der Waals surface area contributed by atoms with Crippen LogP contribution in [-0.2, 0) is 13.2 Å². The molecule has 0 saturated heterocycles. The van der Waals surface area contributed by atoms with Gasteiger partial charge in [0.1, 0.15) is 41.8 Å². The summed E-state index contributed by atoms with van der Waals surface area (Å²) >= 11 is 1.77. The van der Waals surface area contributed by atoms with Crippen LogP contribution in [0, 0.1) is 20.8 Å². The quantitative estimate of drug-likeness (QED) is 0.241. The summed E-state index contributed by atoms with van der Waals surface area (Å²) in [5.74, 6) is 3.39. The fourth-order valence-electron chi connectivity index (χ4n) is 4.79. The van der Waals surface area contributed by atoms with E-state index >= 15 is 0 Å². The van der Waals surface area contributed by atoms with E-state index in [0.29, 0.717) is 13.2 Å². The molecule has 0 bridgehead atoms. The lowest BCUT2D eigenvalue weighted by Gasteiger charge is -2.12. The molecule has 0 amide bonds. The van der Waals surface area contributed by atoms with Crippen molar-refractivity contribution in [1.29, 1.82) is 0 Å². The zero-order chi connectivity index (χ0) is 24.8. The van der Waals surface area contributed by atoms with E-state index in [1.165, 1.54) is 9.58 Å². The summed E-state index contributed by atoms with van der Waals surface area (Å²) in [5, 5.41) is 3.18. The monoisotopic (exact) mass is 497 g/mol. The molecule has 0 unspecified atom stereocenters. The fourth-order valence-corrected chi connectivity index (χ4v) is 5.82. The maximum absolute atomic E-state index is 6.35. The van der Waals surface area contributed by atoms with E-state index < -0.39 is 0 Å². The van der Waals surface area contributed by atoms with Crippen LogP contribution in [0.1, 0.15) is 27.5 Å². The molecule has 0 fully saturated rings. The number of H-pyrrole nitrogens is 1. The van der Waals surface area contributed by atoms with Crippen LogP contribution in [0.2, 0.25) is 0 Å². The lowest BCUT2D eigenvalue weighted by molar-refractivity contribution is 0.306. The molecule has 0 aliphatic carbocycles. The summed E-state index contributed by atoms with van der Waals surface area (Å²) in [7, 11) is 1.67.